The van der Waals surface area contributed by atoms with Crippen LogP contribution in [0.1, 0.15) is 79.6 Å². The largest absolute Gasteiger partial charge is 0.330 e. The molecule has 0 spiro atoms. The van der Waals surface area contributed by atoms with Crippen molar-refractivity contribution in [3.63, 3.8) is 0 Å². The standard InChI is InChI=1S/C19H39N/c1-6-7-8-9-11-16(2)13-14-18(4)19(5)17(3)12-10-15-20/h13-14,16-19H,6-12,15,20H2,1-5H3/b14-13-. The molecule has 0 radical (unpaired) electrons. The fraction of sp³-hybridized carbons (Fsp3) is 0.895. The van der Waals surface area contributed by atoms with Crippen molar-refractivity contribution in [3.8, 4) is 0 Å². The Morgan fingerprint density at radius 3 is 2.15 bits per heavy atom. The van der Waals surface area contributed by atoms with Crippen molar-refractivity contribution in [2.45, 2.75) is 79.6 Å². The first-order valence-corrected chi connectivity index (χ1v) is 8.91. The minimum Gasteiger partial charge on any atom is -0.330 e. The van der Waals surface area contributed by atoms with Crippen LogP contribution in [0, 0.1) is 23.7 Å². The molecule has 0 heterocycles. The highest BCUT2D eigenvalue weighted by Crippen LogP contribution is 2.25. The van der Waals surface area contributed by atoms with E-state index in [0.29, 0.717) is 5.92 Å². The minimum atomic E-state index is 0.681. The Balaban J connectivity index is 3.96. The number of hydrogen-bond donors (Lipinski definition) is 1. The van der Waals surface area contributed by atoms with Crippen LogP contribution >= 0.6 is 0 Å². The van der Waals surface area contributed by atoms with Crippen LogP contribution in [0.5, 0.6) is 0 Å². The molecular formula is C19H39N. The van der Waals surface area contributed by atoms with Crippen LogP contribution < -0.4 is 5.73 Å². The first kappa shape index (κ1) is 19.7. The van der Waals surface area contributed by atoms with Crippen LogP contribution in [-0.4, -0.2) is 6.54 Å². The maximum Gasteiger partial charge on any atom is -0.00772 e. The van der Waals surface area contributed by atoms with Crippen molar-refractivity contribution in [1.82, 2.24) is 0 Å². The molecule has 1 nitrogen and oxygen atoms in total. The number of unbranched alkanes of at least 4 members (excludes halogenated alkanes) is 3. The average molecular weight is 282 g/mol. The Morgan fingerprint density at radius 1 is 0.850 bits per heavy atom. The lowest BCUT2D eigenvalue weighted by Crippen LogP contribution is -2.16. The van der Waals surface area contributed by atoms with Crippen molar-refractivity contribution < 1.29 is 0 Å². The predicted molar refractivity (Wildman–Crippen MR) is 92.8 cm³/mol. The third-order valence-corrected chi connectivity index (χ3v) is 4.85. The summed E-state index contributed by atoms with van der Waals surface area (Å²) in [6, 6.07) is 0. The van der Waals surface area contributed by atoms with Gasteiger partial charge in [-0.05, 0) is 49.5 Å². The van der Waals surface area contributed by atoms with Gasteiger partial charge < -0.3 is 5.73 Å². The Labute approximate surface area is 128 Å². The van der Waals surface area contributed by atoms with Gasteiger partial charge in [-0.1, -0.05) is 72.5 Å². The zero-order chi connectivity index (χ0) is 15.4. The van der Waals surface area contributed by atoms with Gasteiger partial charge in [0.25, 0.3) is 0 Å². The summed E-state index contributed by atoms with van der Waals surface area (Å²) in [5.41, 5.74) is 5.61. The van der Waals surface area contributed by atoms with Gasteiger partial charge in [0.15, 0.2) is 0 Å². The molecule has 0 fully saturated rings. The Morgan fingerprint density at radius 2 is 1.55 bits per heavy atom. The van der Waals surface area contributed by atoms with Gasteiger partial charge in [0.05, 0.1) is 0 Å². The lowest BCUT2D eigenvalue weighted by molar-refractivity contribution is 0.298. The molecule has 4 atom stereocenters. The van der Waals surface area contributed by atoms with Crippen LogP contribution in [0.25, 0.3) is 0 Å². The summed E-state index contributed by atoms with van der Waals surface area (Å²) < 4.78 is 0. The zero-order valence-corrected chi connectivity index (χ0v) is 14.7. The van der Waals surface area contributed by atoms with Crippen molar-refractivity contribution in [3.05, 3.63) is 12.2 Å². The second-order valence-electron chi connectivity index (χ2n) is 6.84. The fourth-order valence-electron chi connectivity index (χ4n) is 2.75. The summed E-state index contributed by atoms with van der Waals surface area (Å²) in [6.45, 7) is 12.6. The smallest absolute Gasteiger partial charge is 0.00772 e. The normalized spacial score (nSPS) is 18.1. The van der Waals surface area contributed by atoms with E-state index < -0.39 is 0 Å². The van der Waals surface area contributed by atoms with E-state index in [4.69, 9.17) is 5.73 Å². The van der Waals surface area contributed by atoms with E-state index >= 15 is 0 Å². The number of allylic oxidation sites excluding steroid dienone is 2. The molecule has 0 aliphatic heterocycles. The molecule has 0 aromatic carbocycles. The van der Waals surface area contributed by atoms with Gasteiger partial charge in [0, 0.05) is 0 Å². The molecule has 0 bridgehead atoms. The molecule has 4 unspecified atom stereocenters. The molecule has 0 aliphatic carbocycles. The first-order valence-electron chi connectivity index (χ1n) is 8.91. The van der Waals surface area contributed by atoms with Gasteiger partial charge in [-0.3, -0.25) is 0 Å². The van der Waals surface area contributed by atoms with E-state index in [9.17, 15) is 0 Å². The van der Waals surface area contributed by atoms with Gasteiger partial charge in [0.2, 0.25) is 0 Å². The summed E-state index contributed by atoms with van der Waals surface area (Å²) in [6.07, 6.45) is 14.2. The van der Waals surface area contributed by atoms with Gasteiger partial charge in [-0.15, -0.1) is 0 Å². The van der Waals surface area contributed by atoms with E-state index in [1.54, 1.807) is 0 Å². The number of nitrogens with two attached hydrogens (primary N) is 1. The lowest BCUT2D eigenvalue weighted by Gasteiger charge is -2.24. The molecule has 2 N–H and O–H groups in total. The van der Waals surface area contributed by atoms with E-state index in [0.717, 1.165) is 30.7 Å². The second-order valence-corrected chi connectivity index (χ2v) is 6.84. The molecule has 0 rings (SSSR count). The zero-order valence-electron chi connectivity index (χ0n) is 14.7. The van der Waals surface area contributed by atoms with Gasteiger partial charge in [0.1, 0.15) is 0 Å². The van der Waals surface area contributed by atoms with Gasteiger partial charge in [-0.25, -0.2) is 0 Å². The van der Waals surface area contributed by atoms with Gasteiger partial charge >= 0.3 is 0 Å². The van der Waals surface area contributed by atoms with E-state index in [2.05, 4.69) is 46.8 Å². The monoisotopic (exact) mass is 281 g/mol. The van der Waals surface area contributed by atoms with Crippen LogP contribution in [0.4, 0.5) is 0 Å². The maximum atomic E-state index is 5.61. The van der Waals surface area contributed by atoms with E-state index in [1.807, 2.05) is 0 Å². The van der Waals surface area contributed by atoms with Crippen molar-refractivity contribution in [2.75, 3.05) is 6.54 Å². The molecular weight excluding hydrogens is 242 g/mol. The fourth-order valence-corrected chi connectivity index (χ4v) is 2.75. The van der Waals surface area contributed by atoms with E-state index in [-0.39, 0.29) is 0 Å². The molecule has 0 aliphatic rings. The number of rotatable bonds is 12. The lowest BCUT2D eigenvalue weighted by atomic mass is 9.82. The molecule has 0 saturated heterocycles. The summed E-state index contributed by atoms with van der Waals surface area (Å²) in [4.78, 5) is 0. The Hall–Kier alpha value is -0.300. The predicted octanol–water partition coefficient (Wildman–Crippen LogP) is 5.80. The third-order valence-electron chi connectivity index (χ3n) is 4.85. The molecule has 1 heteroatoms. The highest BCUT2D eigenvalue weighted by molar-refractivity contribution is 4.92. The molecule has 120 valence electrons. The summed E-state index contributed by atoms with van der Waals surface area (Å²) in [5, 5.41) is 0. The van der Waals surface area contributed by atoms with Crippen LogP contribution in [0.15, 0.2) is 12.2 Å². The molecule has 20 heavy (non-hydrogen) atoms. The summed E-state index contributed by atoms with van der Waals surface area (Å²) >= 11 is 0. The van der Waals surface area contributed by atoms with Crippen molar-refractivity contribution in [2.24, 2.45) is 29.4 Å². The Kier molecular flexibility index (Phi) is 12.3. The second kappa shape index (κ2) is 12.4. The topological polar surface area (TPSA) is 26.0 Å². The molecule has 0 amide bonds. The Bertz CT molecular complexity index is 234. The third kappa shape index (κ3) is 9.58. The maximum absolute atomic E-state index is 5.61. The van der Waals surface area contributed by atoms with Gasteiger partial charge in [-0.2, -0.15) is 0 Å². The molecule has 0 saturated carbocycles. The van der Waals surface area contributed by atoms with Crippen LogP contribution in [0.3, 0.4) is 0 Å². The van der Waals surface area contributed by atoms with Crippen molar-refractivity contribution in [1.29, 1.82) is 0 Å². The average Bonchev–Trinajstić information content (AvgIpc) is 2.45. The highest BCUT2D eigenvalue weighted by Gasteiger charge is 2.16. The SMILES string of the molecule is CCCCCCC(C)/C=C\C(C)C(C)C(C)CCCN. The molecule has 0 aromatic heterocycles. The van der Waals surface area contributed by atoms with Crippen molar-refractivity contribution >= 4 is 0 Å². The molecule has 0 aromatic rings. The highest BCUT2D eigenvalue weighted by atomic mass is 14.5. The number of hydrogen-bond acceptors (Lipinski definition) is 1. The van der Waals surface area contributed by atoms with E-state index in [1.165, 1.54) is 38.5 Å². The quantitative estimate of drug-likeness (QED) is 0.355. The minimum absolute atomic E-state index is 0.681. The first-order chi connectivity index (χ1) is 9.52. The summed E-state index contributed by atoms with van der Waals surface area (Å²) in [5.74, 6) is 2.95. The van der Waals surface area contributed by atoms with Crippen LogP contribution in [0.2, 0.25) is 0 Å². The van der Waals surface area contributed by atoms with Crippen LogP contribution in [-0.2, 0) is 0 Å². The summed E-state index contributed by atoms with van der Waals surface area (Å²) in [7, 11) is 0.